The van der Waals surface area contributed by atoms with Crippen LogP contribution in [0.3, 0.4) is 0 Å². The van der Waals surface area contributed by atoms with Crippen LogP contribution in [0.25, 0.3) is 11.3 Å². The molecule has 1 aromatic carbocycles. The summed E-state index contributed by atoms with van der Waals surface area (Å²) in [5, 5.41) is 3.72. The molecule has 0 radical (unpaired) electrons. The van der Waals surface area contributed by atoms with Crippen LogP contribution < -0.4 is 10.2 Å². The summed E-state index contributed by atoms with van der Waals surface area (Å²) in [6, 6.07) is 10.8. The Hall–Kier alpha value is -2.99. The molecular formula is C27H35N5O. The van der Waals surface area contributed by atoms with Crippen LogP contribution in [0.4, 0.5) is 11.6 Å². The van der Waals surface area contributed by atoms with Gasteiger partial charge in [0.1, 0.15) is 11.6 Å². The molecule has 2 aromatic heterocycles. The smallest absolute Gasteiger partial charge is 0.148 e. The number of nitrogens with zero attached hydrogens (tertiary/aromatic N) is 4. The number of anilines is 2. The van der Waals surface area contributed by atoms with E-state index in [2.05, 4.69) is 68.3 Å². The van der Waals surface area contributed by atoms with E-state index in [-0.39, 0.29) is 12.1 Å². The summed E-state index contributed by atoms with van der Waals surface area (Å²) in [4.78, 5) is 16.9. The largest absolute Gasteiger partial charge is 0.376 e. The minimum Gasteiger partial charge on any atom is -0.376 e. The Morgan fingerprint density at radius 2 is 1.82 bits per heavy atom. The minimum absolute atomic E-state index is 0.0686. The van der Waals surface area contributed by atoms with Gasteiger partial charge in [-0.15, -0.1) is 0 Å². The Bertz CT molecular complexity index is 1130. The van der Waals surface area contributed by atoms with Crippen molar-refractivity contribution in [3.63, 3.8) is 0 Å². The molecule has 0 saturated carbocycles. The van der Waals surface area contributed by atoms with E-state index >= 15 is 0 Å². The molecule has 33 heavy (non-hydrogen) atoms. The fraction of sp³-hybridized carbons (Fsp3) is 0.444. The molecule has 1 N–H and O–H groups in total. The van der Waals surface area contributed by atoms with Crippen LogP contribution in [0.2, 0.25) is 0 Å². The van der Waals surface area contributed by atoms with Crippen LogP contribution in [-0.4, -0.2) is 41.8 Å². The minimum atomic E-state index is 0.0686. The molecule has 4 rings (SSSR count). The molecule has 0 amide bonds. The molecule has 0 saturated heterocycles. The Labute approximate surface area is 197 Å². The standard InChI is InChI=1S/C27H35N5O/c1-7-21-25(20-16-28-24(32(5)6)14-17(20)4)29-22(8-2)27(30-21)31-26-19-13-11-10-12-18(19)15-23(26)33-9-3/h10-14,16,23,26H,7-9,15H2,1-6H3,(H,30,31). The van der Waals surface area contributed by atoms with Crippen LogP contribution in [0.5, 0.6) is 0 Å². The van der Waals surface area contributed by atoms with Gasteiger partial charge in [0, 0.05) is 38.9 Å². The van der Waals surface area contributed by atoms with Gasteiger partial charge in [-0.3, -0.25) is 0 Å². The lowest BCUT2D eigenvalue weighted by Crippen LogP contribution is -2.26. The van der Waals surface area contributed by atoms with Crippen LogP contribution in [0, 0.1) is 6.92 Å². The van der Waals surface area contributed by atoms with E-state index in [0.29, 0.717) is 6.61 Å². The van der Waals surface area contributed by atoms with E-state index in [1.807, 2.05) is 25.2 Å². The monoisotopic (exact) mass is 445 g/mol. The maximum Gasteiger partial charge on any atom is 0.148 e. The summed E-state index contributed by atoms with van der Waals surface area (Å²) >= 11 is 0. The van der Waals surface area contributed by atoms with E-state index in [4.69, 9.17) is 14.7 Å². The summed E-state index contributed by atoms with van der Waals surface area (Å²) < 4.78 is 6.12. The first kappa shape index (κ1) is 23.2. The number of aromatic nitrogens is 3. The zero-order valence-electron chi connectivity index (χ0n) is 20.6. The second-order valence-corrected chi connectivity index (χ2v) is 8.79. The van der Waals surface area contributed by atoms with Gasteiger partial charge in [0.05, 0.1) is 29.2 Å². The van der Waals surface area contributed by atoms with Crippen molar-refractivity contribution in [2.45, 2.75) is 59.1 Å². The van der Waals surface area contributed by atoms with E-state index in [9.17, 15) is 0 Å². The highest BCUT2D eigenvalue weighted by molar-refractivity contribution is 5.68. The molecule has 2 unspecified atom stereocenters. The molecule has 3 aromatic rings. The van der Waals surface area contributed by atoms with Gasteiger partial charge >= 0.3 is 0 Å². The van der Waals surface area contributed by atoms with Gasteiger partial charge in [0.15, 0.2) is 0 Å². The van der Waals surface area contributed by atoms with Crippen molar-refractivity contribution < 1.29 is 4.74 Å². The van der Waals surface area contributed by atoms with Crippen molar-refractivity contribution in [3.05, 3.63) is 64.6 Å². The lowest BCUT2D eigenvalue weighted by molar-refractivity contribution is 0.0573. The number of pyridine rings is 1. The van der Waals surface area contributed by atoms with Gasteiger partial charge in [-0.25, -0.2) is 15.0 Å². The van der Waals surface area contributed by atoms with E-state index in [1.165, 1.54) is 11.1 Å². The SMILES string of the molecule is CCOC1Cc2ccccc2C1Nc1nc(CC)c(-c2cnc(N(C)C)cc2C)nc1CC. The van der Waals surface area contributed by atoms with Crippen molar-refractivity contribution >= 4 is 11.6 Å². The highest BCUT2D eigenvalue weighted by Crippen LogP contribution is 2.37. The molecule has 2 heterocycles. The number of hydrogen-bond acceptors (Lipinski definition) is 6. The maximum absolute atomic E-state index is 6.12. The second-order valence-electron chi connectivity index (χ2n) is 8.79. The van der Waals surface area contributed by atoms with Crippen LogP contribution in [-0.2, 0) is 24.0 Å². The quantitative estimate of drug-likeness (QED) is 0.517. The molecule has 1 aliphatic carbocycles. The summed E-state index contributed by atoms with van der Waals surface area (Å²) in [5.74, 6) is 1.80. The van der Waals surface area contributed by atoms with Crippen molar-refractivity contribution in [2.24, 2.45) is 0 Å². The Morgan fingerprint density at radius 1 is 1.06 bits per heavy atom. The van der Waals surface area contributed by atoms with Crippen LogP contribution >= 0.6 is 0 Å². The van der Waals surface area contributed by atoms with Gasteiger partial charge in [0.25, 0.3) is 0 Å². The molecule has 0 bridgehead atoms. The first-order valence-corrected chi connectivity index (χ1v) is 12.0. The summed E-state index contributed by atoms with van der Waals surface area (Å²) in [7, 11) is 4.01. The third-order valence-corrected chi connectivity index (χ3v) is 6.38. The molecule has 1 aliphatic rings. The number of nitrogens with one attached hydrogen (secondary N) is 1. The Kier molecular flexibility index (Phi) is 6.94. The van der Waals surface area contributed by atoms with Crippen molar-refractivity contribution in [3.8, 4) is 11.3 Å². The average Bonchev–Trinajstić information content (AvgIpc) is 3.16. The van der Waals surface area contributed by atoms with Crippen molar-refractivity contribution in [1.82, 2.24) is 15.0 Å². The topological polar surface area (TPSA) is 63.2 Å². The molecule has 0 fully saturated rings. The highest BCUT2D eigenvalue weighted by atomic mass is 16.5. The normalized spacial score (nSPS) is 17.2. The number of rotatable bonds is 8. The number of hydrogen-bond donors (Lipinski definition) is 1. The summed E-state index contributed by atoms with van der Waals surface area (Å²) in [5.41, 5.74) is 7.72. The fourth-order valence-corrected chi connectivity index (χ4v) is 4.61. The zero-order chi connectivity index (χ0) is 23.5. The van der Waals surface area contributed by atoms with Crippen molar-refractivity contribution in [1.29, 1.82) is 0 Å². The van der Waals surface area contributed by atoms with E-state index in [1.54, 1.807) is 0 Å². The van der Waals surface area contributed by atoms with E-state index < -0.39 is 0 Å². The van der Waals surface area contributed by atoms with Gasteiger partial charge in [0.2, 0.25) is 0 Å². The van der Waals surface area contributed by atoms with Crippen molar-refractivity contribution in [2.75, 3.05) is 30.9 Å². The lowest BCUT2D eigenvalue weighted by atomic mass is 10.0. The van der Waals surface area contributed by atoms with Gasteiger partial charge in [-0.1, -0.05) is 38.1 Å². The molecule has 2 atom stereocenters. The van der Waals surface area contributed by atoms with Gasteiger partial charge < -0.3 is 15.0 Å². The third kappa shape index (κ3) is 4.58. The second kappa shape index (κ2) is 9.87. The zero-order valence-corrected chi connectivity index (χ0v) is 20.6. The predicted octanol–water partition coefficient (Wildman–Crippen LogP) is 5.15. The predicted molar refractivity (Wildman–Crippen MR) is 135 cm³/mol. The number of benzene rings is 1. The number of fused-ring (bicyclic) bond motifs is 1. The third-order valence-electron chi connectivity index (χ3n) is 6.38. The molecule has 0 aliphatic heterocycles. The molecule has 0 spiro atoms. The van der Waals surface area contributed by atoms with Crippen LogP contribution in [0.1, 0.15) is 54.9 Å². The number of aryl methyl sites for hydroxylation is 3. The number of ether oxygens (including phenoxy) is 1. The molecule has 6 nitrogen and oxygen atoms in total. The summed E-state index contributed by atoms with van der Waals surface area (Å²) in [6.45, 7) is 9.13. The highest BCUT2D eigenvalue weighted by Gasteiger charge is 2.33. The van der Waals surface area contributed by atoms with Gasteiger partial charge in [-0.2, -0.15) is 0 Å². The first-order valence-electron chi connectivity index (χ1n) is 12.0. The summed E-state index contributed by atoms with van der Waals surface area (Å²) in [6.07, 6.45) is 4.53. The lowest BCUT2D eigenvalue weighted by Gasteiger charge is -2.24. The van der Waals surface area contributed by atoms with E-state index in [0.717, 1.165) is 59.1 Å². The molecular weight excluding hydrogens is 410 g/mol. The molecule has 6 heteroatoms. The first-order chi connectivity index (χ1) is 16.0. The Balaban J connectivity index is 1.74. The van der Waals surface area contributed by atoms with Crippen LogP contribution in [0.15, 0.2) is 36.5 Å². The Morgan fingerprint density at radius 3 is 2.48 bits per heavy atom. The average molecular weight is 446 g/mol. The van der Waals surface area contributed by atoms with Gasteiger partial charge in [-0.05, 0) is 49.4 Å². The molecule has 174 valence electrons. The fourth-order valence-electron chi connectivity index (χ4n) is 4.61. The maximum atomic E-state index is 6.12.